The van der Waals surface area contributed by atoms with E-state index in [1.807, 2.05) is 0 Å². The maximum absolute atomic E-state index is 13.3. The first-order valence-electron chi connectivity index (χ1n) is 9.49. The number of aromatic nitrogens is 3. The molecule has 0 unspecified atom stereocenters. The Morgan fingerprint density at radius 3 is 2.65 bits per heavy atom. The van der Waals surface area contributed by atoms with E-state index in [0.717, 1.165) is 4.68 Å². The predicted octanol–water partition coefficient (Wildman–Crippen LogP) is 3.08. The average Bonchev–Trinajstić information content (AvgIpc) is 2.80. The first-order chi connectivity index (χ1) is 15.1. The van der Waals surface area contributed by atoms with Crippen molar-refractivity contribution in [1.29, 1.82) is 5.26 Å². The Bertz CT molecular complexity index is 1390. The van der Waals surface area contributed by atoms with Crippen LogP contribution in [0.15, 0.2) is 65.7 Å². The minimum absolute atomic E-state index is 0.0264. The van der Waals surface area contributed by atoms with Crippen LogP contribution >= 0.6 is 0 Å². The number of carbonyl (C=O) groups excluding carboxylic acids is 1. The Labute approximate surface area is 177 Å². The number of hydrogen-bond acceptors (Lipinski definition) is 7. The second kappa shape index (κ2) is 8.08. The number of benzene rings is 2. The zero-order valence-corrected chi connectivity index (χ0v) is 16.6. The Morgan fingerprint density at radius 1 is 1.23 bits per heavy atom. The molecule has 2 N–H and O–H groups in total. The zero-order valence-electron chi connectivity index (χ0n) is 16.6. The normalized spacial score (nSPS) is 10.6. The maximum Gasteiger partial charge on any atom is 0.359 e. The number of fused-ring (bicyclic) bond motifs is 1. The summed E-state index contributed by atoms with van der Waals surface area (Å²) in [4.78, 5) is 30.2. The number of rotatable bonds is 4. The number of anilines is 1. The van der Waals surface area contributed by atoms with Gasteiger partial charge in [0.1, 0.15) is 6.07 Å². The molecule has 0 aliphatic rings. The number of nitrogens with zero attached hydrogens (tertiary/aromatic N) is 4. The molecule has 0 aliphatic carbocycles. The van der Waals surface area contributed by atoms with E-state index < -0.39 is 11.5 Å². The van der Waals surface area contributed by atoms with Gasteiger partial charge in [0, 0.05) is 28.9 Å². The molecule has 0 radical (unpaired) electrons. The van der Waals surface area contributed by atoms with E-state index in [0.29, 0.717) is 16.8 Å². The minimum atomic E-state index is -0.696. The Morgan fingerprint density at radius 2 is 2.00 bits per heavy atom. The molecule has 0 saturated heterocycles. The van der Waals surface area contributed by atoms with Gasteiger partial charge in [-0.05, 0) is 31.2 Å². The summed E-state index contributed by atoms with van der Waals surface area (Å²) in [6, 6.07) is 15.8. The highest BCUT2D eigenvalue weighted by molar-refractivity contribution is 6.09. The van der Waals surface area contributed by atoms with Crippen molar-refractivity contribution in [3.8, 4) is 22.9 Å². The number of nitrogens with two attached hydrogens (primary N) is 1. The van der Waals surface area contributed by atoms with Crippen LogP contribution in [-0.4, -0.2) is 27.3 Å². The van der Waals surface area contributed by atoms with Crippen molar-refractivity contribution in [2.24, 2.45) is 0 Å². The molecule has 4 aromatic rings. The number of nitriles is 1. The Kier molecular flexibility index (Phi) is 5.16. The third-order valence-corrected chi connectivity index (χ3v) is 4.78. The van der Waals surface area contributed by atoms with Crippen LogP contribution in [0.25, 0.3) is 27.6 Å². The third-order valence-electron chi connectivity index (χ3n) is 4.78. The molecule has 0 amide bonds. The van der Waals surface area contributed by atoms with Crippen LogP contribution in [0, 0.1) is 11.3 Å². The van der Waals surface area contributed by atoms with Gasteiger partial charge in [-0.2, -0.15) is 15.0 Å². The topological polar surface area (TPSA) is 124 Å². The molecule has 0 saturated carbocycles. The van der Waals surface area contributed by atoms with Gasteiger partial charge < -0.3 is 10.5 Å². The first kappa shape index (κ1) is 19.8. The summed E-state index contributed by atoms with van der Waals surface area (Å²) >= 11 is 0. The van der Waals surface area contributed by atoms with Gasteiger partial charge in [-0.1, -0.05) is 24.3 Å². The second-order valence-corrected chi connectivity index (χ2v) is 6.61. The van der Waals surface area contributed by atoms with Crippen LogP contribution in [0.2, 0.25) is 0 Å². The fraction of sp³-hybridized carbons (Fsp3) is 0.0870. The third kappa shape index (κ3) is 3.38. The van der Waals surface area contributed by atoms with E-state index in [1.54, 1.807) is 67.8 Å². The highest BCUT2D eigenvalue weighted by Gasteiger charge is 2.24. The van der Waals surface area contributed by atoms with E-state index >= 15 is 0 Å². The smallest absolute Gasteiger partial charge is 0.359 e. The van der Waals surface area contributed by atoms with E-state index in [4.69, 9.17) is 10.5 Å². The minimum Gasteiger partial charge on any atom is -0.461 e. The predicted molar refractivity (Wildman–Crippen MR) is 116 cm³/mol. The lowest BCUT2D eigenvalue weighted by molar-refractivity contribution is 0.0520. The number of nitrogen functional groups attached to an aromatic ring is 1. The molecular formula is C23H17N5O3. The lowest BCUT2D eigenvalue weighted by Gasteiger charge is -2.15. The van der Waals surface area contributed by atoms with E-state index in [9.17, 15) is 14.9 Å². The fourth-order valence-electron chi connectivity index (χ4n) is 3.39. The van der Waals surface area contributed by atoms with E-state index in [1.165, 1.54) is 0 Å². The quantitative estimate of drug-likeness (QED) is 0.404. The summed E-state index contributed by atoms with van der Waals surface area (Å²) in [7, 11) is 0. The highest BCUT2D eigenvalue weighted by Crippen LogP contribution is 2.33. The van der Waals surface area contributed by atoms with Gasteiger partial charge in [0.2, 0.25) is 0 Å². The van der Waals surface area contributed by atoms with Crippen LogP contribution in [0.1, 0.15) is 23.0 Å². The van der Waals surface area contributed by atoms with Crippen molar-refractivity contribution < 1.29 is 9.53 Å². The van der Waals surface area contributed by atoms with E-state index in [-0.39, 0.29) is 34.3 Å². The summed E-state index contributed by atoms with van der Waals surface area (Å²) in [6.45, 7) is 1.81. The zero-order chi connectivity index (χ0) is 22.0. The monoisotopic (exact) mass is 411 g/mol. The van der Waals surface area contributed by atoms with Crippen molar-refractivity contribution in [3.05, 3.63) is 82.5 Å². The molecule has 0 atom stereocenters. The largest absolute Gasteiger partial charge is 0.461 e. The van der Waals surface area contributed by atoms with Gasteiger partial charge in [-0.25, -0.2) is 4.79 Å². The van der Waals surface area contributed by atoms with Gasteiger partial charge in [0.05, 0.1) is 28.9 Å². The lowest BCUT2D eigenvalue weighted by atomic mass is 9.95. The number of pyridine rings is 1. The molecule has 31 heavy (non-hydrogen) atoms. The number of carbonyl (C=O) groups is 1. The van der Waals surface area contributed by atoms with Gasteiger partial charge in [0.15, 0.2) is 5.69 Å². The van der Waals surface area contributed by atoms with Gasteiger partial charge in [-0.15, -0.1) is 0 Å². The summed E-state index contributed by atoms with van der Waals surface area (Å²) in [5.74, 6) is -0.696. The molecule has 0 spiro atoms. The number of hydrogen-bond donors (Lipinski definition) is 1. The summed E-state index contributed by atoms with van der Waals surface area (Å²) in [5, 5.41) is 14.3. The molecule has 8 heteroatoms. The summed E-state index contributed by atoms with van der Waals surface area (Å²) < 4.78 is 6.27. The standard InChI is InChI=1S/C23H17N5O3/c1-2-31-23(30)21-17-11-16(14-7-6-10-26-13-14)18(12-24)20(25)19(17)22(29)28(27-21)15-8-4-3-5-9-15/h3-11,13H,2,25H2,1H3. The van der Waals surface area contributed by atoms with Crippen molar-refractivity contribution >= 4 is 22.4 Å². The Balaban J connectivity index is 2.16. The van der Waals surface area contributed by atoms with E-state index in [2.05, 4.69) is 16.2 Å². The first-order valence-corrected chi connectivity index (χ1v) is 9.49. The molecule has 2 aromatic heterocycles. The van der Waals surface area contributed by atoms with Crippen LogP contribution < -0.4 is 11.3 Å². The summed E-state index contributed by atoms with van der Waals surface area (Å²) in [5.41, 5.74) is 7.33. The molecular weight excluding hydrogens is 394 g/mol. The van der Waals surface area contributed by atoms with Gasteiger partial charge in [-0.3, -0.25) is 9.78 Å². The van der Waals surface area contributed by atoms with Crippen LogP contribution in [0.5, 0.6) is 0 Å². The molecule has 152 valence electrons. The molecule has 0 bridgehead atoms. The fourth-order valence-corrected chi connectivity index (χ4v) is 3.39. The molecule has 8 nitrogen and oxygen atoms in total. The number of para-hydroxylation sites is 1. The molecule has 0 aliphatic heterocycles. The van der Waals surface area contributed by atoms with Crippen molar-refractivity contribution in [1.82, 2.24) is 14.8 Å². The number of ether oxygens (including phenoxy) is 1. The Hall–Kier alpha value is -4.51. The summed E-state index contributed by atoms with van der Waals surface area (Å²) in [6.07, 6.45) is 3.17. The molecule has 0 fully saturated rings. The van der Waals surface area contributed by atoms with Gasteiger partial charge in [0.25, 0.3) is 5.56 Å². The number of esters is 1. The molecule has 2 aromatic carbocycles. The van der Waals surface area contributed by atoms with Crippen LogP contribution in [0.3, 0.4) is 0 Å². The highest BCUT2D eigenvalue weighted by atomic mass is 16.5. The molecule has 4 rings (SSSR count). The maximum atomic E-state index is 13.3. The van der Waals surface area contributed by atoms with Crippen molar-refractivity contribution in [2.45, 2.75) is 6.92 Å². The van der Waals surface area contributed by atoms with Crippen molar-refractivity contribution in [3.63, 3.8) is 0 Å². The average molecular weight is 411 g/mol. The second-order valence-electron chi connectivity index (χ2n) is 6.61. The van der Waals surface area contributed by atoms with Crippen molar-refractivity contribution in [2.75, 3.05) is 12.3 Å². The lowest BCUT2D eigenvalue weighted by Crippen LogP contribution is -2.26. The van der Waals surface area contributed by atoms with Crippen LogP contribution in [0.4, 0.5) is 5.69 Å². The van der Waals surface area contributed by atoms with Crippen LogP contribution in [-0.2, 0) is 4.74 Å². The molecule has 2 heterocycles. The SMILES string of the molecule is CCOC(=O)c1nn(-c2ccccc2)c(=O)c2c(N)c(C#N)c(-c3cccnc3)cc12. The van der Waals surface area contributed by atoms with Gasteiger partial charge >= 0.3 is 5.97 Å².